The summed E-state index contributed by atoms with van der Waals surface area (Å²) in [6, 6.07) is 8.23. The van der Waals surface area contributed by atoms with Gasteiger partial charge in [0.05, 0.1) is 4.75 Å². The molecular weight excluding hydrogens is 216 g/mol. The molecule has 0 saturated heterocycles. The van der Waals surface area contributed by atoms with E-state index in [9.17, 15) is 4.79 Å². The summed E-state index contributed by atoms with van der Waals surface area (Å²) in [6.07, 6.45) is 0. The second-order valence-corrected chi connectivity index (χ2v) is 5.68. The minimum absolute atomic E-state index is 0.212. The summed E-state index contributed by atoms with van der Waals surface area (Å²) in [5.74, 6) is 0.212. The molecule has 0 heterocycles. The van der Waals surface area contributed by atoms with Crippen LogP contribution in [0.1, 0.15) is 40.2 Å². The lowest BCUT2D eigenvalue weighted by Crippen LogP contribution is -2.24. The van der Waals surface area contributed by atoms with Crippen LogP contribution >= 0.6 is 11.8 Å². The van der Waals surface area contributed by atoms with Crippen LogP contribution in [0.25, 0.3) is 0 Å². The van der Waals surface area contributed by atoms with Crippen LogP contribution in [0.3, 0.4) is 0 Å². The van der Waals surface area contributed by atoms with E-state index in [1.165, 1.54) is 5.56 Å². The van der Waals surface area contributed by atoms with E-state index >= 15 is 0 Å². The molecule has 0 saturated carbocycles. The summed E-state index contributed by atoms with van der Waals surface area (Å²) in [6.45, 7) is 11.6. The molecule has 1 rings (SSSR count). The molecule has 0 aliphatic rings. The highest BCUT2D eigenvalue weighted by Crippen LogP contribution is 2.33. The van der Waals surface area contributed by atoms with E-state index in [1.54, 1.807) is 18.7 Å². The first kappa shape index (κ1) is 15.2. The fourth-order valence-electron chi connectivity index (χ4n) is 1.05. The third-order valence-electron chi connectivity index (χ3n) is 2.21. The molecule has 0 aliphatic carbocycles. The van der Waals surface area contributed by atoms with Crippen LogP contribution in [0.4, 0.5) is 0 Å². The number of carbonyl (C=O) groups excluding carboxylic acids is 1. The van der Waals surface area contributed by atoms with Crippen LogP contribution in [-0.2, 0) is 4.79 Å². The predicted molar refractivity (Wildman–Crippen MR) is 73.1 cm³/mol. The van der Waals surface area contributed by atoms with Gasteiger partial charge in [0, 0.05) is 4.90 Å². The van der Waals surface area contributed by atoms with E-state index in [4.69, 9.17) is 0 Å². The van der Waals surface area contributed by atoms with Gasteiger partial charge in [-0.2, -0.15) is 0 Å². The molecule has 90 valence electrons. The fraction of sp³-hybridized carbons (Fsp3) is 0.500. The van der Waals surface area contributed by atoms with Crippen molar-refractivity contribution in [1.29, 1.82) is 0 Å². The SMILES string of the molecule is CC.CC(=O)C(C)(C)Sc1cccc(C)c1. The van der Waals surface area contributed by atoms with Crippen LogP contribution in [0.15, 0.2) is 29.2 Å². The average Bonchev–Trinajstić information content (AvgIpc) is 2.19. The number of thioether (sulfide) groups is 1. The molecule has 1 aromatic rings. The lowest BCUT2D eigenvalue weighted by molar-refractivity contribution is -0.118. The molecule has 0 aromatic heterocycles. The molecule has 1 nitrogen and oxygen atoms in total. The normalized spacial score (nSPS) is 10.4. The Bertz CT molecular complexity index is 342. The fourth-order valence-corrected chi connectivity index (χ4v) is 2.17. The van der Waals surface area contributed by atoms with Crippen molar-refractivity contribution in [2.24, 2.45) is 0 Å². The zero-order chi connectivity index (χ0) is 12.8. The molecule has 0 aliphatic heterocycles. The van der Waals surface area contributed by atoms with Gasteiger partial charge in [-0.05, 0) is 39.8 Å². The number of hydrogen-bond acceptors (Lipinski definition) is 2. The van der Waals surface area contributed by atoms with Crippen molar-refractivity contribution in [2.45, 2.75) is 51.2 Å². The molecule has 0 bridgehead atoms. The van der Waals surface area contributed by atoms with Crippen molar-refractivity contribution in [1.82, 2.24) is 0 Å². The standard InChI is InChI=1S/C12H16OS.C2H6/c1-9-6-5-7-11(8-9)14-12(3,4)10(2)13;1-2/h5-8H,1-4H3;1-2H3. The summed E-state index contributed by atoms with van der Waals surface area (Å²) >= 11 is 1.62. The largest absolute Gasteiger partial charge is 0.298 e. The van der Waals surface area contributed by atoms with Crippen molar-refractivity contribution in [3.63, 3.8) is 0 Å². The van der Waals surface area contributed by atoms with E-state index in [1.807, 2.05) is 39.8 Å². The molecule has 0 radical (unpaired) electrons. The molecule has 0 atom stereocenters. The number of carbonyl (C=O) groups is 1. The molecule has 0 amide bonds. The number of ketones is 1. The van der Waals surface area contributed by atoms with Gasteiger partial charge in [0.15, 0.2) is 0 Å². The van der Waals surface area contributed by atoms with Gasteiger partial charge >= 0.3 is 0 Å². The average molecular weight is 238 g/mol. The first-order valence-corrected chi connectivity index (χ1v) is 6.50. The summed E-state index contributed by atoms with van der Waals surface area (Å²) in [5.41, 5.74) is 1.23. The predicted octanol–water partition coefficient (Wildman–Crippen LogP) is 4.48. The molecular formula is C14H22OS. The highest BCUT2D eigenvalue weighted by Gasteiger charge is 2.24. The van der Waals surface area contributed by atoms with Crippen molar-refractivity contribution < 1.29 is 4.79 Å². The maximum absolute atomic E-state index is 11.3. The van der Waals surface area contributed by atoms with Crippen molar-refractivity contribution in [2.75, 3.05) is 0 Å². The van der Waals surface area contributed by atoms with Gasteiger partial charge in [0.25, 0.3) is 0 Å². The van der Waals surface area contributed by atoms with Crippen LogP contribution in [0, 0.1) is 6.92 Å². The maximum atomic E-state index is 11.3. The lowest BCUT2D eigenvalue weighted by Gasteiger charge is -2.20. The molecule has 16 heavy (non-hydrogen) atoms. The Morgan fingerprint density at radius 3 is 2.25 bits per heavy atom. The second kappa shape index (κ2) is 6.74. The van der Waals surface area contributed by atoms with E-state index in [0.29, 0.717) is 0 Å². The monoisotopic (exact) mass is 238 g/mol. The third kappa shape index (κ3) is 4.84. The molecule has 0 fully saturated rings. The van der Waals surface area contributed by atoms with Crippen LogP contribution in [-0.4, -0.2) is 10.5 Å². The Hall–Kier alpha value is -0.760. The minimum atomic E-state index is -0.326. The van der Waals surface area contributed by atoms with Gasteiger partial charge in [-0.1, -0.05) is 31.5 Å². The number of aryl methyl sites for hydroxylation is 1. The quantitative estimate of drug-likeness (QED) is 0.722. The Labute approximate surface area is 104 Å². The van der Waals surface area contributed by atoms with E-state index in [0.717, 1.165) is 4.90 Å². The van der Waals surface area contributed by atoms with Crippen molar-refractivity contribution in [3.05, 3.63) is 29.8 Å². The Balaban J connectivity index is 0.00000106. The molecule has 0 spiro atoms. The van der Waals surface area contributed by atoms with Crippen LogP contribution in [0.5, 0.6) is 0 Å². The number of benzene rings is 1. The minimum Gasteiger partial charge on any atom is -0.298 e. The molecule has 1 aromatic carbocycles. The van der Waals surface area contributed by atoms with Crippen molar-refractivity contribution in [3.8, 4) is 0 Å². The van der Waals surface area contributed by atoms with Gasteiger partial charge in [0.1, 0.15) is 5.78 Å². The number of Topliss-reactive ketones (excluding diaryl/α,β-unsaturated/α-hetero) is 1. The molecule has 2 heteroatoms. The smallest absolute Gasteiger partial charge is 0.145 e. The van der Waals surface area contributed by atoms with Gasteiger partial charge in [-0.25, -0.2) is 0 Å². The first-order valence-electron chi connectivity index (χ1n) is 5.68. The second-order valence-electron chi connectivity index (χ2n) is 3.99. The number of rotatable bonds is 3. The summed E-state index contributed by atoms with van der Waals surface area (Å²) < 4.78 is -0.326. The molecule has 0 unspecified atom stereocenters. The third-order valence-corrected chi connectivity index (χ3v) is 3.50. The first-order chi connectivity index (χ1) is 7.42. The highest BCUT2D eigenvalue weighted by molar-refractivity contribution is 8.01. The van der Waals surface area contributed by atoms with E-state index in [2.05, 4.69) is 19.1 Å². The zero-order valence-electron chi connectivity index (χ0n) is 11.1. The van der Waals surface area contributed by atoms with Crippen LogP contribution in [0.2, 0.25) is 0 Å². The highest BCUT2D eigenvalue weighted by atomic mass is 32.2. The number of hydrogen-bond donors (Lipinski definition) is 0. The topological polar surface area (TPSA) is 17.1 Å². The van der Waals surface area contributed by atoms with E-state index < -0.39 is 0 Å². The van der Waals surface area contributed by atoms with Gasteiger partial charge in [-0.15, -0.1) is 11.8 Å². The lowest BCUT2D eigenvalue weighted by atomic mass is 10.1. The van der Waals surface area contributed by atoms with Gasteiger partial charge in [-0.3, -0.25) is 4.79 Å². The Kier molecular flexibility index (Phi) is 6.42. The van der Waals surface area contributed by atoms with Crippen LogP contribution < -0.4 is 0 Å². The molecule has 0 N–H and O–H groups in total. The summed E-state index contributed by atoms with van der Waals surface area (Å²) in [4.78, 5) is 12.5. The van der Waals surface area contributed by atoms with E-state index in [-0.39, 0.29) is 10.5 Å². The maximum Gasteiger partial charge on any atom is 0.145 e. The van der Waals surface area contributed by atoms with Gasteiger partial charge in [0.2, 0.25) is 0 Å². The van der Waals surface area contributed by atoms with Gasteiger partial charge < -0.3 is 0 Å². The zero-order valence-corrected chi connectivity index (χ0v) is 11.9. The Morgan fingerprint density at radius 1 is 1.25 bits per heavy atom. The Morgan fingerprint density at radius 2 is 1.81 bits per heavy atom. The summed E-state index contributed by atoms with van der Waals surface area (Å²) in [5, 5.41) is 0. The van der Waals surface area contributed by atoms with Crippen molar-refractivity contribution >= 4 is 17.5 Å². The summed E-state index contributed by atoms with van der Waals surface area (Å²) in [7, 11) is 0.